The van der Waals surface area contributed by atoms with Crippen LogP contribution in [0, 0.1) is 0 Å². The van der Waals surface area contributed by atoms with Gasteiger partial charge in [-0.2, -0.15) is 0 Å². The van der Waals surface area contributed by atoms with E-state index in [-0.39, 0.29) is 19.0 Å². The van der Waals surface area contributed by atoms with E-state index in [1.165, 1.54) is 7.05 Å². The lowest BCUT2D eigenvalue weighted by atomic mass is 10.1. The van der Waals surface area contributed by atoms with Gasteiger partial charge in [-0.05, 0) is 5.56 Å². The number of nitrogens with one attached hydrogen (secondary N) is 1. The topological polar surface area (TPSA) is 113 Å². The molecule has 1 atom stereocenters. The van der Waals surface area contributed by atoms with Crippen LogP contribution in [0.2, 0.25) is 0 Å². The standard InChI is InChI=1S/C14H16N4O4.ClH/c1-17-12(20)13(21)18(14(17)22)8-11(19)16-7-10(15)9-5-3-2-4-6-9;/h2-6,10H,7-8,15H2,1H3,(H,16,19);1H. The van der Waals surface area contributed by atoms with Crippen LogP contribution in [0.4, 0.5) is 4.79 Å². The molecular formula is C14H17ClN4O4. The summed E-state index contributed by atoms with van der Waals surface area (Å²) < 4.78 is 0. The fourth-order valence-corrected chi connectivity index (χ4v) is 1.99. The minimum Gasteiger partial charge on any atom is -0.353 e. The summed E-state index contributed by atoms with van der Waals surface area (Å²) in [6.07, 6.45) is 0. The van der Waals surface area contributed by atoms with Crippen molar-refractivity contribution in [2.45, 2.75) is 6.04 Å². The predicted octanol–water partition coefficient (Wildman–Crippen LogP) is -0.355. The molecule has 23 heavy (non-hydrogen) atoms. The first kappa shape index (κ1) is 18.6. The van der Waals surface area contributed by atoms with Gasteiger partial charge in [-0.15, -0.1) is 12.4 Å². The molecule has 1 saturated heterocycles. The van der Waals surface area contributed by atoms with E-state index in [9.17, 15) is 19.2 Å². The van der Waals surface area contributed by atoms with Crippen molar-refractivity contribution in [3.05, 3.63) is 35.9 Å². The molecule has 1 aliphatic heterocycles. The number of carbonyl (C=O) groups is 4. The number of urea groups is 1. The summed E-state index contributed by atoms with van der Waals surface area (Å²) in [6, 6.07) is 7.97. The summed E-state index contributed by atoms with van der Waals surface area (Å²) in [6.45, 7) is -0.349. The van der Waals surface area contributed by atoms with Gasteiger partial charge in [0.05, 0.1) is 0 Å². The van der Waals surface area contributed by atoms with Crippen LogP contribution in [0.3, 0.4) is 0 Å². The van der Waals surface area contributed by atoms with Crippen LogP contribution in [-0.2, 0) is 14.4 Å². The molecular weight excluding hydrogens is 324 g/mol. The first-order valence-electron chi connectivity index (χ1n) is 6.62. The van der Waals surface area contributed by atoms with E-state index in [0.717, 1.165) is 5.56 Å². The van der Waals surface area contributed by atoms with Gasteiger partial charge in [-0.1, -0.05) is 30.3 Å². The lowest BCUT2D eigenvalue weighted by Crippen LogP contribution is -2.42. The molecule has 9 heteroatoms. The van der Waals surface area contributed by atoms with Gasteiger partial charge in [-0.25, -0.2) is 9.69 Å². The van der Waals surface area contributed by atoms with Gasteiger partial charge in [-0.3, -0.25) is 19.3 Å². The summed E-state index contributed by atoms with van der Waals surface area (Å²) in [5.41, 5.74) is 6.78. The van der Waals surface area contributed by atoms with Crippen molar-refractivity contribution in [3.8, 4) is 0 Å². The van der Waals surface area contributed by atoms with Crippen molar-refractivity contribution >= 4 is 36.2 Å². The second kappa shape index (κ2) is 7.70. The Morgan fingerprint density at radius 2 is 1.78 bits per heavy atom. The van der Waals surface area contributed by atoms with Crippen LogP contribution in [0.1, 0.15) is 11.6 Å². The van der Waals surface area contributed by atoms with E-state index >= 15 is 0 Å². The number of carbonyl (C=O) groups excluding carboxylic acids is 4. The van der Waals surface area contributed by atoms with E-state index in [4.69, 9.17) is 5.73 Å². The average molecular weight is 341 g/mol. The van der Waals surface area contributed by atoms with Crippen molar-refractivity contribution < 1.29 is 19.2 Å². The summed E-state index contributed by atoms with van der Waals surface area (Å²) >= 11 is 0. The second-order valence-corrected chi connectivity index (χ2v) is 4.86. The van der Waals surface area contributed by atoms with Gasteiger partial charge >= 0.3 is 17.8 Å². The third kappa shape index (κ3) is 4.05. The van der Waals surface area contributed by atoms with Gasteiger partial charge < -0.3 is 11.1 Å². The molecule has 0 spiro atoms. The van der Waals surface area contributed by atoms with Crippen LogP contribution in [0.15, 0.2) is 30.3 Å². The molecule has 0 aliphatic carbocycles. The summed E-state index contributed by atoms with van der Waals surface area (Å²) in [4.78, 5) is 47.5. The van der Waals surface area contributed by atoms with Gasteiger partial charge in [0.25, 0.3) is 0 Å². The normalized spacial score (nSPS) is 15.5. The van der Waals surface area contributed by atoms with Gasteiger partial charge in [0.1, 0.15) is 6.54 Å². The van der Waals surface area contributed by atoms with Crippen molar-refractivity contribution in [2.24, 2.45) is 5.73 Å². The molecule has 1 heterocycles. The molecule has 1 aromatic carbocycles. The van der Waals surface area contributed by atoms with Crippen molar-refractivity contribution in [1.82, 2.24) is 15.1 Å². The minimum atomic E-state index is -1.00. The number of benzene rings is 1. The SMILES string of the molecule is CN1C(=O)C(=O)N(CC(=O)NCC(N)c2ccccc2)C1=O.Cl. The lowest BCUT2D eigenvalue weighted by Gasteiger charge is -2.15. The molecule has 3 N–H and O–H groups in total. The molecule has 0 aromatic heterocycles. The Balaban J connectivity index is 0.00000264. The fourth-order valence-electron chi connectivity index (χ4n) is 1.99. The first-order chi connectivity index (χ1) is 10.4. The number of imide groups is 2. The van der Waals surface area contributed by atoms with Crippen LogP contribution in [0.25, 0.3) is 0 Å². The molecule has 1 aromatic rings. The third-order valence-corrected chi connectivity index (χ3v) is 3.30. The molecule has 0 radical (unpaired) electrons. The Kier molecular flexibility index (Phi) is 6.23. The highest BCUT2D eigenvalue weighted by atomic mass is 35.5. The summed E-state index contributed by atoms with van der Waals surface area (Å²) in [5, 5.41) is 2.54. The Labute approximate surface area is 139 Å². The Morgan fingerprint density at radius 1 is 1.17 bits per heavy atom. The number of nitrogens with zero attached hydrogens (tertiary/aromatic N) is 2. The van der Waals surface area contributed by atoms with E-state index in [0.29, 0.717) is 9.80 Å². The monoisotopic (exact) mass is 340 g/mol. The molecule has 8 nitrogen and oxygen atoms in total. The van der Waals surface area contributed by atoms with Crippen LogP contribution in [-0.4, -0.2) is 53.7 Å². The van der Waals surface area contributed by atoms with E-state index in [1.807, 2.05) is 30.3 Å². The maximum Gasteiger partial charge on any atom is 0.334 e. The predicted molar refractivity (Wildman–Crippen MR) is 83.5 cm³/mol. The smallest absolute Gasteiger partial charge is 0.334 e. The third-order valence-electron chi connectivity index (χ3n) is 3.30. The number of amides is 5. The molecule has 0 saturated carbocycles. The second-order valence-electron chi connectivity index (χ2n) is 4.86. The van der Waals surface area contributed by atoms with Crippen molar-refractivity contribution in [1.29, 1.82) is 0 Å². The van der Waals surface area contributed by atoms with Gasteiger partial charge in [0.2, 0.25) is 5.91 Å². The zero-order valence-corrected chi connectivity index (χ0v) is 13.2. The van der Waals surface area contributed by atoms with Crippen LogP contribution < -0.4 is 11.1 Å². The number of halogens is 1. The van der Waals surface area contributed by atoms with Gasteiger partial charge in [0.15, 0.2) is 0 Å². The van der Waals surface area contributed by atoms with Crippen molar-refractivity contribution in [2.75, 3.05) is 20.1 Å². The highest BCUT2D eigenvalue weighted by Gasteiger charge is 2.42. The number of likely N-dealkylation sites (N-methyl/N-ethyl adjacent to an activating group) is 1. The number of hydrogen-bond donors (Lipinski definition) is 2. The van der Waals surface area contributed by atoms with Crippen molar-refractivity contribution in [3.63, 3.8) is 0 Å². The average Bonchev–Trinajstić information content (AvgIpc) is 2.71. The first-order valence-corrected chi connectivity index (χ1v) is 6.62. The highest BCUT2D eigenvalue weighted by molar-refractivity contribution is 6.44. The van der Waals surface area contributed by atoms with Gasteiger partial charge in [0, 0.05) is 19.6 Å². The molecule has 1 fully saturated rings. The molecule has 0 bridgehead atoms. The minimum absolute atomic E-state index is 0. The lowest BCUT2D eigenvalue weighted by molar-refractivity contribution is -0.143. The Bertz CT molecular complexity index is 622. The molecule has 5 amide bonds. The summed E-state index contributed by atoms with van der Waals surface area (Å²) in [7, 11) is 1.19. The quantitative estimate of drug-likeness (QED) is 0.561. The van der Waals surface area contributed by atoms with E-state index in [1.54, 1.807) is 0 Å². The summed E-state index contributed by atoms with van der Waals surface area (Å²) in [5.74, 6) is -2.51. The maximum absolute atomic E-state index is 11.8. The molecule has 124 valence electrons. The largest absolute Gasteiger partial charge is 0.353 e. The number of nitrogens with two attached hydrogens (primary N) is 1. The van der Waals surface area contributed by atoms with E-state index < -0.39 is 36.3 Å². The zero-order chi connectivity index (χ0) is 16.3. The van der Waals surface area contributed by atoms with E-state index in [2.05, 4.69) is 5.32 Å². The molecule has 2 rings (SSSR count). The number of rotatable bonds is 5. The van der Waals surface area contributed by atoms with Crippen LogP contribution >= 0.6 is 12.4 Å². The highest BCUT2D eigenvalue weighted by Crippen LogP contribution is 2.10. The Morgan fingerprint density at radius 3 is 2.30 bits per heavy atom. The number of hydrogen-bond acceptors (Lipinski definition) is 5. The molecule has 1 aliphatic rings. The van der Waals surface area contributed by atoms with Crippen LogP contribution in [0.5, 0.6) is 0 Å². The maximum atomic E-state index is 11.8. The fraction of sp³-hybridized carbons (Fsp3) is 0.286. The zero-order valence-electron chi connectivity index (χ0n) is 12.4. The Hall–Kier alpha value is -2.45. The molecule has 1 unspecified atom stereocenters.